The summed E-state index contributed by atoms with van der Waals surface area (Å²) >= 11 is 0. The Morgan fingerprint density at radius 2 is 1.87 bits per heavy atom. The summed E-state index contributed by atoms with van der Waals surface area (Å²) in [6, 6.07) is 7.50. The standard InChI is InChI=1S/C11H10F2O2/c1-2-15-11(14)10(13)9(12)8-6-4-3-5-7-8/h3-7H,2H2,1H3/b10-9-. The number of rotatable bonds is 3. The molecule has 1 aromatic carbocycles. The van der Waals surface area contributed by atoms with Crippen molar-refractivity contribution in [3.05, 3.63) is 41.7 Å². The first-order valence-corrected chi connectivity index (χ1v) is 4.44. The van der Waals surface area contributed by atoms with Crippen LogP contribution in [0.3, 0.4) is 0 Å². The molecular formula is C11H10F2O2. The van der Waals surface area contributed by atoms with Crippen LogP contribution in [0.5, 0.6) is 0 Å². The van der Waals surface area contributed by atoms with Crippen LogP contribution in [0, 0.1) is 0 Å². The largest absolute Gasteiger partial charge is 0.461 e. The number of carbonyl (C=O) groups excluding carboxylic acids is 1. The second-order valence-corrected chi connectivity index (χ2v) is 2.71. The SMILES string of the molecule is CCOC(=O)/C(F)=C(/F)c1ccccc1. The van der Waals surface area contributed by atoms with Crippen LogP contribution in [-0.4, -0.2) is 12.6 Å². The molecule has 0 spiro atoms. The van der Waals surface area contributed by atoms with E-state index in [4.69, 9.17) is 0 Å². The van der Waals surface area contributed by atoms with Gasteiger partial charge < -0.3 is 4.74 Å². The summed E-state index contributed by atoms with van der Waals surface area (Å²) in [4.78, 5) is 10.9. The molecule has 15 heavy (non-hydrogen) atoms. The van der Waals surface area contributed by atoms with Gasteiger partial charge in [0.05, 0.1) is 6.61 Å². The maximum atomic E-state index is 13.3. The zero-order valence-electron chi connectivity index (χ0n) is 8.17. The normalized spacial score (nSPS) is 11.9. The molecule has 0 heterocycles. The summed E-state index contributed by atoms with van der Waals surface area (Å²) in [5, 5.41) is 0. The predicted molar refractivity (Wildman–Crippen MR) is 52.2 cm³/mol. The second-order valence-electron chi connectivity index (χ2n) is 2.71. The summed E-state index contributed by atoms with van der Waals surface area (Å²) in [6.07, 6.45) is 0. The third-order valence-corrected chi connectivity index (χ3v) is 1.67. The fourth-order valence-corrected chi connectivity index (χ4v) is 0.995. The van der Waals surface area contributed by atoms with Gasteiger partial charge in [0.25, 0.3) is 0 Å². The maximum Gasteiger partial charge on any atom is 0.370 e. The van der Waals surface area contributed by atoms with Gasteiger partial charge in [-0.05, 0) is 6.92 Å². The van der Waals surface area contributed by atoms with Gasteiger partial charge in [-0.2, -0.15) is 4.39 Å². The zero-order chi connectivity index (χ0) is 11.3. The summed E-state index contributed by atoms with van der Waals surface area (Å²) < 4.78 is 30.7. The number of ether oxygens (including phenoxy) is 1. The lowest BCUT2D eigenvalue weighted by Crippen LogP contribution is -2.05. The molecule has 0 bridgehead atoms. The van der Waals surface area contributed by atoms with E-state index in [1.807, 2.05) is 0 Å². The summed E-state index contributed by atoms with van der Waals surface area (Å²) in [6.45, 7) is 1.53. The van der Waals surface area contributed by atoms with Crippen molar-refractivity contribution < 1.29 is 18.3 Å². The first kappa shape index (κ1) is 11.4. The Morgan fingerprint density at radius 1 is 1.27 bits per heavy atom. The van der Waals surface area contributed by atoms with Crippen LogP contribution in [0.1, 0.15) is 12.5 Å². The van der Waals surface area contributed by atoms with Crippen LogP contribution < -0.4 is 0 Å². The van der Waals surface area contributed by atoms with Crippen molar-refractivity contribution in [3.8, 4) is 0 Å². The zero-order valence-corrected chi connectivity index (χ0v) is 8.17. The highest BCUT2D eigenvalue weighted by Crippen LogP contribution is 2.21. The third kappa shape index (κ3) is 2.87. The fraction of sp³-hybridized carbons (Fsp3) is 0.182. The maximum absolute atomic E-state index is 13.3. The molecule has 2 nitrogen and oxygen atoms in total. The lowest BCUT2D eigenvalue weighted by Gasteiger charge is -2.01. The minimum Gasteiger partial charge on any atom is -0.461 e. The quantitative estimate of drug-likeness (QED) is 0.568. The fourth-order valence-electron chi connectivity index (χ4n) is 0.995. The molecule has 0 saturated heterocycles. The van der Waals surface area contributed by atoms with E-state index in [0.717, 1.165) is 0 Å². The Balaban J connectivity index is 2.95. The van der Waals surface area contributed by atoms with Crippen LogP contribution >= 0.6 is 0 Å². The van der Waals surface area contributed by atoms with Crippen LogP contribution in [-0.2, 0) is 9.53 Å². The van der Waals surface area contributed by atoms with Gasteiger partial charge in [0.2, 0.25) is 5.83 Å². The predicted octanol–water partition coefficient (Wildman–Crippen LogP) is 2.86. The number of hydrogen-bond acceptors (Lipinski definition) is 2. The molecule has 0 aliphatic heterocycles. The van der Waals surface area contributed by atoms with E-state index in [1.165, 1.54) is 19.1 Å². The molecule has 0 fully saturated rings. The van der Waals surface area contributed by atoms with E-state index in [0.29, 0.717) is 0 Å². The molecule has 0 aromatic heterocycles. The van der Waals surface area contributed by atoms with Crippen LogP contribution in [0.2, 0.25) is 0 Å². The molecule has 0 amide bonds. The molecule has 0 atom stereocenters. The lowest BCUT2D eigenvalue weighted by molar-refractivity contribution is -0.140. The Morgan fingerprint density at radius 3 is 2.40 bits per heavy atom. The van der Waals surface area contributed by atoms with Crippen molar-refractivity contribution in [3.63, 3.8) is 0 Å². The number of carbonyl (C=O) groups is 1. The molecule has 0 N–H and O–H groups in total. The van der Waals surface area contributed by atoms with Crippen molar-refractivity contribution in [2.75, 3.05) is 6.61 Å². The van der Waals surface area contributed by atoms with Crippen molar-refractivity contribution in [1.29, 1.82) is 0 Å². The van der Waals surface area contributed by atoms with E-state index in [-0.39, 0.29) is 12.2 Å². The van der Waals surface area contributed by atoms with Crippen molar-refractivity contribution >= 4 is 11.8 Å². The Hall–Kier alpha value is -1.71. The van der Waals surface area contributed by atoms with E-state index in [9.17, 15) is 13.6 Å². The van der Waals surface area contributed by atoms with Crippen LogP contribution in [0.25, 0.3) is 5.83 Å². The number of esters is 1. The molecular weight excluding hydrogens is 202 g/mol. The van der Waals surface area contributed by atoms with Gasteiger partial charge in [0.1, 0.15) is 0 Å². The highest BCUT2D eigenvalue weighted by Gasteiger charge is 2.17. The molecule has 0 unspecified atom stereocenters. The smallest absolute Gasteiger partial charge is 0.370 e. The lowest BCUT2D eigenvalue weighted by atomic mass is 10.2. The number of hydrogen-bond donors (Lipinski definition) is 0. The molecule has 0 aliphatic rings. The second kappa shape index (κ2) is 5.24. The van der Waals surface area contributed by atoms with Crippen LogP contribution in [0.15, 0.2) is 36.2 Å². The van der Waals surface area contributed by atoms with Gasteiger partial charge in [-0.3, -0.25) is 0 Å². The average molecular weight is 212 g/mol. The van der Waals surface area contributed by atoms with Crippen molar-refractivity contribution in [1.82, 2.24) is 0 Å². The van der Waals surface area contributed by atoms with Gasteiger partial charge in [-0.1, -0.05) is 30.3 Å². The summed E-state index contributed by atoms with van der Waals surface area (Å²) in [5.74, 6) is -3.98. The van der Waals surface area contributed by atoms with E-state index in [1.54, 1.807) is 18.2 Å². The van der Waals surface area contributed by atoms with Gasteiger partial charge >= 0.3 is 5.97 Å². The highest BCUT2D eigenvalue weighted by atomic mass is 19.2. The van der Waals surface area contributed by atoms with E-state index >= 15 is 0 Å². The molecule has 0 saturated carbocycles. The average Bonchev–Trinajstić information content (AvgIpc) is 2.28. The first-order valence-electron chi connectivity index (χ1n) is 4.44. The van der Waals surface area contributed by atoms with Crippen molar-refractivity contribution in [2.45, 2.75) is 6.92 Å². The van der Waals surface area contributed by atoms with Crippen LogP contribution in [0.4, 0.5) is 8.78 Å². The third-order valence-electron chi connectivity index (χ3n) is 1.67. The topological polar surface area (TPSA) is 26.3 Å². The molecule has 80 valence electrons. The van der Waals surface area contributed by atoms with Gasteiger partial charge in [0.15, 0.2) is 5.83 Å². The van der Waals surface area contributed by atoms with Crippen molar-refractivity contribution in [2.24, 2.45) is 0 Å². The molecule has 0 radical (unpaired) electrons. The monoisotopic (exact) mass is 212 g/mol. The van der Waals surface area contributed by atoms with Gasteiger partial charge in [-0.25, -0.2) is 9.18 Å². The Bertz CT molecular complexity index is 371. The summed E-state index contributed by atoms with van der Waals surface area (Å²) in [5.41, 5.74) is 0.0167. The molecule has 1 rings (SSSR count). The molecule has 0 aliphatic carbocycles. The van der Waals surface area contributed by atoms with Gasteiger partial charge in [0, 0.05) is 5.56 Å². The molecule has 1 aromatic rings. The van der Waals surface area contributed by atoms with E-state index in [2.05, 4.69) is 4.74 Å². The highest BCUT2D eigenvalue weighted by molar-refractivity contribution is 5.93. The summed E-state index contributed by atoms with van der Waals surface area (Å²) in [7, 11) is 0. The minimum atomic E-state index is -1.50. The minimum absolute atomic E-state index is 0.00826. The van der Waals surface area contributed by atoms with E-state index < -0.39 is 17.6 Å². The first-order chi connectivity index (χ1) is 7.16. The Labute approximate surface area is 86.2 Å². The number of halogens is 2. The Kier molecular flexibility index (Phi) is 3.97. The number of benzene rings is 1. The van der Waals surface area contributed by atoms with Gasteiger partial charge in [-0.15, -0.1) is 0 Å². The molecule has 4 heteroatoms.